The lowest BCUT2D eigenvalue weighted by molar-refractivity contribution is 0.0706. The fourth-order valence-electron chi connectivity index (χ4n) is 3.48. The van der Waals surface area contributed by atoms with E-state index in [1.165, 1.54) is 0 Å². The monoisotopic (exact) mass is 358 g/mol. The van der Waals surface area contributed by atoms with Crippen LogP contribution in [-0.2, 0) is 0 Å². The maximum atomic E-state index is 12.8. The maximum absolute atomic E-state index is 12.8. The SMILES string of the molecule is O=C(c1ccccc1)N1CCC[C@H](c2ccnc(Nc3ccccc3)n2)C1. The van der Waals surface area contributed by atoms with E-state index < -0.39 is 0 Å². The number of likely N-dealkylation sites (tertiary alicyclic amines) is 1. The molecule has 1 aromatic heterocycles. The van der Waals surface area contributed by atoms with Crippen LogP contribution in [0.1, 0.15) is 34.8 Å². The van der Waals surface area contributed by atoms with E-state index in [0.29, 0.717) is 12.5 Å². The van der Waals surface area contributed by atoms with Gasteiger partial charge in [0, 0.05) is 36.5 Å². The van der Waals surface area contributed by atoms with Gasteiger partial charge >= 0.3 is 0 Å². The third-order valence-corrected chi connectivity index (χ3v) is 4.85. The largest absolute Gasteiger partial charge is 0.338 e. The average molecular weight is 358 g/mol. The summed E-state index contributed by atoms with van der Waals surface area (Å²) in [5.74, 6) is 0.910. The number of carbonyl (C=O) groups is 1. The van der Waals surface area contributed by atoms with Crippen LogP contribution in [0.25, 0.3) is 0 Å². The van der Waals surface area contributed by atoms with Crippen LogP contribution in [0.3, 0.4) is 0 Å². The van der Waals surface area contributed by atoms with Crippen LogP contribution >= 0.6 is 0 Å². The lowest BCUT2D eigenvalue weighted by Gasteiger charge is -2.32. The van der Waals surface area contributed by atoms with Gasteiger partial charge in [0.1, 0.15) is 0 Å². The van der Waals surface area contributed by atoms with Gasteiger partial charge in [-0.05, 0) is 43.2 Å². The predicted octanol–water partition coefficient (Wildman–Crippen LogP) is 4.24. The van der Waals surface area contributed by atoms with E-state index in [4.69, 9.17) is 4.98 Å². The molecular formula is C22H22N4O. The van der Waals surface area contributed by atoms with Crippen molar-refractivity contribution < 1.29 is 4.79 Å². The molecule has 1 atom stereocenters. The van der Waals surface area contributed by atoms with Crippen LogP contribution in [0.15, 0.2) is 72.9 Å². The number of para-hydroxylation sites is 1. The van der Waals surface area contributed by atoms with Crippen molar-refractivity contribution in [3.05, 3.63) is 84.2 Å². The molecule has 1 amide bonds. The first-order valence-electron chi connectivity index (χ1n) is 9.29. The number of anilines is 2. The Bertz CT molecular complexity index is 898. The van der Waals surface area contributed by atoms with E-state index in [0.717, 1.165) is 36.3 Å². The molecule has 2 heterocycles. The van der Waals surface area contributed by atoms with E-state index in [1.807, 2.05) is 71.6 Å². The Balaban J connectivity index is 1.48. The van der Waals surface area contributed by atoms with E-state index in [1.54, 1.807) is 6.20 Å². The van der Waals surface area contributed by atoms with Crippen molar-refractivity contribution in [1.29, 1.82) is 0 Å². The standard InChI is InChI=1S/C22H22N4O/c27-21(17-8-3-1-4-9-17)26-15-7-10-18(16-26)20-13-14-23-22(25-20)24-19-11-5-2-6-12-19/h1-6,8-9,11-14,18H,7,10,15-16H2,(H,23,24,25)/t18-/m0/s1. The summed E-state index contributed by atoms with van der Waals surface area (Å²) < 4.78 is 0. The van der Waals surface area contributed by atoms with Crippen LogP contribution in [0.5, 0.6) is 0 Å². The molecule has 1 N–H and O–H groups in total. The second-order valence-electron chi connectivity index (χ2n) is 6.75. The third kappa shape index (κ3) is 4.14. The highest BCUT2D eigenvalue weighted by Gasteiger charge is 2.26. The summed E-state index contributed by atoms with van der Waals surface area (Å²) >= 11 is 0. The smallest absolute Gasteiger partial charge is 0.253 e. The topological polar surface area (TPSA) is 58.1 Å². The number of amides is 1. The summed E-state index contributed by atoms with van der Waals surface area (Å²) in [5, 5.41) is 3.24. The number of rotatable bonds is 4. The number of nitrogens with zero attached hydrogens (tertiary/aromatic N) is 3. The second kappa shape index (κ2) is 7.99. The van der Waals surface area contributed by atoms with Crippen LogP contribution in [0.4, 0.5) is 11.6 Å². The molecular weight excluding hydrogens is 336 g/mol. The van der Waals surface area contributed by atoms with Crippen LogP contribution in [-0.4, -0.2) is 33.9 Å². The summed E-state index contributed by atoms with van der Waals surface area (Å²) in [7, 11) is 0. The molecule has 1 saturated heterocycles. The lowest BCUT2D eigenvalue weighted by Crippen LogP contribution is -2.39. The molecule has 0 saturated carbocycles. The van der Waals surface area contributed by atoms with Crippen molar-refractivity contribution in [2.24, 2.45) is 0 Å². The van der Waals surface area contributed by atoms with Gasteiger partial charge in [-0.15, -0.1) is 0 Å². The molecule has 5 nitrogen and oxygen atoms in total. The van der Waals surface area contributed by atoms with E-state index >= 15 is 0 Å². The molecule has 0 aliphatic carbocycles. The maximum Gasteiger partial charge on any atom is 0.253 e. The van der Waals surface area contributed by atoms with Gasteiger partial charge in [-0.1, -0.05) is 36.4 Å². The minimum Gasteiger partial charge on any atom is -0.338 e. The first kappa shape index (κ1) is 17.2. The molecule has 1 aliphatic heterocycles. The molecule has 136 valence electrons. The van der Waals surface area contributed by atoms with Crippen molar-refractivity contribution in [3.8, 4) is 0 Å². The average Bonchev–Trinajstić information content (AvgIpc) is 2.75. The number of hydrogen-bond donors (Lipinski definition) is 1. The molecule has 0 bridgehead atoms. The molecule has 1 fully saturated rings. The first-order valence-corrected chi connectivity index (χ1v) is 9.29. The highest BCUT2D eigenvalue weighted by Crippen LogP contribution is 2.27. The Morgan fingerprint density at radius 3 is 2.52 bits per heavy atom. The third-order valence-electron chi connectivity index (χ3n) is 4.85. The Morgan fingerprint density at radius 1 is 1.00 bits per heavy atom. The second-order valence-corrected chi connectivity index (χ2v) is 6.75. The number of aromatic nitrogens is 2. The van der Waals surface area contributed by atoms with Gasteiger partial charge in [-0.2, -0.15) is 0 Å². The molecule has 27 heavy (non-hydrogen) atoms. The molecule has 3 aromatic rings. The van der Waals surface area contributed by atoms with E-state index in [-0.39, 0.29) is 11.8 Å². The number of nitrogens with one attached hydrogen (secondary N) is 1. The van der Waals surface area contributed by atoms with Gasteiger partial charge in [-0.3, -0.25) is 4.79 Å². The Morgan fingerprint density at radius 2 is 1.74 bits per heavy atom. The predicted molar refractivity (Wildman–Crippen MR) is 106 cm³/mol. The Labute approximate surface area is 159 Å². The quantitative estimate of drug-likeness (QED) is 0.758. The number of piperidine rings is 1. The van der Waals surface area contributed by atoms with Gasteiger partial charge in [0.05, 0.1) is 5.69 Å². The van der Waals surface area contributed by atoms with Crippen molar-refractivity contribution in [2.45, 2.75) is 18.8 Å². The summed E-state index contributed by atoms with van der Waals surface area (Å²) in [6, 6.07) is 21.3. The number of hydrogen-bond acceptors (Lipinski definition) is 4. The zero-order valence-corrected chi connectivity index (χ0v) is 15.1. The molecule has 0 radical (unpaired) electrons. The van der Waals surface area contributed by atoms with Gasteiger partial charge in [0.2, 0.25) is 5.95 Å². The van der Waals surface area contributed by atoms with Gasteiger partial charge < -0.3 is 10.2 Å². The van der Waals surface area contributed by atoms with Crippen LogP contribution < -0.4 is 5.32 Å². The van der Waals surface area contributed by atoms with Crippen molar-refractivity contribution in [1.82, 2.24) is 14.9 Å². The minimum atomic E-state index is 0.0944. The minimum absolute atomic E-state index is 0.0944. The van der Waals surface area contributed by atoms with Crippen LogP contribution in [0, 0.1) is 0 Å². The summed E-state index contributed by atoms with van der Waals surface area (Å²) in [5.41, 5.74) is 2.68. The summed E-state index contributed by atoms with van der Waals surface area (Å²) in [4.78, 5) is 23.7. The summed E-state index contributed by atoms with van der Waals surface area (Å²) in [6.45, 7) is 1.49. The number of carbonyl (C=O) groups excluding carboxylic acids is 1. The first-order chi connectivity index (χ1) is 13.3. The Kier molecular flexibility index (Phi) is 5.10. The van der Waals surface area contributed by atoms with Crippen molar-refractivity contribution in [2.75, 3.05) is 18.4 Å². The molecule has 4 rings (SSSR count). The van der Waals surface area contributed by atoms with Gasteiger partial charge in [0.25, 0.3) is 5.91 Å². The molecule has 5 heteroatoms. The summed E-state index contributed by atoms with van der Waals surface area (Å²) in [6.07, 6.45) is 3.79. The zero-order chi connectivity index (χ0) is 18.5. The van der Waals surface area contributed by atoms with Crippen molar-refractivity contribution >= 4 is 17.5 Å². The van der Waals surface area contributed by atoms with E-state index in [2.05, 4.69) is 10.3 Å². The zero-order valence-electron chi connectivity index (χ0n) is 15.1. The van der Waals surface area contributed by atoms with Crippen molar-refractivity contribution in [3.63, 3.8) is 0 Å². The molecule has 0 unspecified atom stereocenters. The Hall–Kier alpha value is -3.21. The fraction of sp³-hybridized carbons (Fsp3) is 0.227. The van der Waals surface area contributed by atoms with Gasteiger partial charge in [0.15, 0.2) is 0 Å². The lowest BCUT2D eigenvalue weighted by atomic mass is 9.94. The fourth-order valence-corrected chi connectivity index (χ4v) is 3.48. The van der Waals surface area contributed by atoms with E-state index in [9.17, 15) is 4.79 Å². The molecule has 1 aliphatic rings. The highest BCUT2D eigenvalue weighted by atomic mass is 16.2. The van der Waals surface area contributed by atoms with Gasteiger partial charge in [-0.25, -0.2) is 9.97 Å². The highest BCUT2D eigenvalue weighted by molar-refractivity contribution is 5.94. The van der Waals surface area contributed by atoms with Crippen LogP contribution in [0.2, 0.25) is 0 Å². The molecule has 0 spiro atoms. The normalized spacial score (nSPS) is 16.7. The molecule has 2 aromatic carbocycles. The number of benzene rings is 2.